The van der Waals surface area contributed by atoms with E-state index in [2.05, 4.69) is 10.2 Å². The average molecular weight is 487 g/mol. The van der Waals surface area contributed by atoms with Crippen LogP contribution in [0.25, 0.3) is 0 Å². The van der Waals surface area contributed by atoms with Gasteiger partial charge in [0.25, 0.3) is 11.8 Å². The summed E-state index contributed by atoms with van der Waals surface area (Å²) in [4.78, 5) is 43.1. The van der Waals surface area contributed by atoms with Crippen molar-refractivity contribution in [3.8, 4) is 5.75 Å². The van der Waals surface area contributed by atoms with Gasteiger partial charge in [-0.05, 0) is 48.5 Å². The summed E-state index contributed by atoms with van der Waals surface area (Å²) >= 11 is 1.95. The van der Waals surface area contributed by atoms with Crippen LogP contribution in [-0.4, -0.2) is 68.1 Å². The fourth-order valence-electron chi connectivity index (χ4n) is 5.16. The third kappa shape index (κ3) is 4.20. The van der Waals surface area contributed by atoms with Gasteiger partial charge >= 0.3 is 0 Å². The number of pyridine rings is 1. The highest BCUT2D eigenvalue weighted by Crippen LogP contribution is 2.32. The Hall–Kier alpha value is -2.85. The number of benzene rings is 1. The Balaban J connectivity index is 1.42. The van der Waals surface area contributed by atoms with Gasteiger partial charge in [0, 0.05) is 31.9 Å². The van der Waals surface area contributed by atoms with E-state index in [4.69, 9.17) is 0 Å². The molecule has 0 bridgehead atoms. The number of thioether (sulfide) groups is 1. The molecule has 4 heterocycles. The molecule has 2 saturated heterocycles. The Kier molecular flexibility index (Phi) is 6.35. The molecule has 10 heteroatoms. The zero-order valence-corrected chi connectivity index (χ0v) is 19.5. The van der Waals surface area contributed by atoms with Crippen LogP contribution in [0.3, 0.4) is 0 Å². The van der Waals surface area contributed by atoms with Crippen molar-refractivity contribution < 1.29 is 19.1 Å². The zero-order chi connectivity index (χ0) is 23.8. The summed E-state index contributed by atoms with van der Waals surface area (Å²) in [7, 11) is 0. The average Bonchev–Trinajstić information content (AvgIpc) is 2.86. The van der Waals surface area contributed by atoms with Crippen molar-refractivity contribution in [3.63, 3.8) is 0 Å². The summed E-state index contributed by atoms with van der Waals surface area (Å²) in [6.45, 7) is 1.96. The molecule has 0 unspecified atom stereocenters. The molecule has 34 heavy (non-hydrogen) atoms. The number of nitrogens with one attached hydrogen (secondary N) is 1. The van der Waals surface area contributed by atoms with E-state index in [9.17, 15) is 23.9 Å². The van der Waals surface area contributed by atoms with E-state index < -0.39 is 17.1 Å². The molecule has 2 aromatic rings. The summed E-state index contributed by atoms with van der Waals surface area (Å²) < 4.78 is 14.7. The summed E-state index contributed by atoms with van der Waals surface area (Å²) in [5, 5.41) is 13.3. The Morgan fingerprint density at radius 1 is 1.15 bits per heavy atom. The highest BCUT2D eigenvalue weighted by Gasteiger charge is 2.42. The molecule has 0 spiro atoms. The molecule has 5 rings (SSSR count). The molecule has 3 aliphatic heterocycles. The summed E-state index contributed by atoms with van der Waals surface area (Å²) in [6.07, 6.45) is 4.21. The first-order valence-electron chi connectivity index (χ1n) is 11.6. The van der Waals surface area contributed by atoms with E-state index >= 15 is 0 Å². The fraction of sp³-hybridized carbons (Fsp3) is 0.458. The zero-order valence-electron chi connectivity index (χ0n) is 18.7. The van der Waals surface area contributed by atoms with E-state index in [0.717, 1.165) is 37.3 Å². The molecule has 1 atom stereocenters. The van der Waals surface area contributed by atoms with Gasteiger partial charge in [-0.2, -0.15) is 11.8 Å². The lowest BCUT2D eigenvalue weighted by atomic mass is 10.0. The second-order valence-electron chi connectivity index (χ2n) is 8.94. The van der Waals surface area contributed by atoms with Crippen LogP contribution in [0.15, 0.2) is 35.3 Å². The van der Waals surface area contributed by atoms with Gasteiger partial charge in [-0.25, -0.2) is 4.39 Å². The van der Waals surface area contributed by atoms with E-state index in [1.54, 1.807) is 21.6 Å². The third-order valence-electron chi connectivity index (χ3n) is 6.91. The van der Waals surface area contributed by atoms with Crippen molar-refractivity contribution in [2.24, 2.45) is 0 Å². The lowest BCUT2D eigenvalue weighted by Gasteiger charge is -2.50. The lowest BCUT2D eigenvalue weighted by Crippen LogP contribution is -2.63. The van der Waals surface area contributed by atoms with E-state index in [0.29, 0.717) is 24.7 Å². The maximum Gasteiger partial charge on any atom is 0.275 e. The molecule has 180 valence electrons. The minimum absolute atomic E-state index is 0.0580. The minimum Gasteiger partial charge on any atom is -0.503 e. The van der Waals surface area contributed by atoms with Gasteiger partial charge in [-0.15, -0.1) is 0 Å². The van der Waals surface area contributed by atoms with Crippen molar-refractivity contribution in [2.75, 3.05) is 24.6 Å². The van der Waals surface area contributed by atoms with Crippen LogP contribution >= 0.6 is 11.8 Å². The molecular formula is C24H27FN4O4S. The fourth-order valence-corrected chi connectivity index (χ4v) is 6.24. The highest BCUT2D eigenvalue weighted by molar-refractivity contribution is 7.99. The normalized spacial score (nSPS) is 21.1. The molecule has 2 fully saturated rings. The Morgan fingerprint density at radius 3 is 2.62 bits per heavy atom. The van der Waals surface area contributed by atoms with Gasteiger partial charge in [-0.1, -0.05) is 12.1 Å². The summed E-state index contributed by atoms with van der Waals surface area (Å²) in [6, 6.07) is 6.07. The van der Waals surface area contributed by atoms with Crippen LogP contribution in [0.5, 0.6) is 5.75 Å². The molecular weight excluding hydrogens is 459 g/mol. The molecule has 0 radical (unpaired) electrons. The molecule has 8 nitrogen and oxygen atoms in total. The Bertz CT molecular complexity index is 1160. The number of carbonyl (C=O) groups is 2. The van der Waals surface area contributed by atoms with Crippen LogP contribution in [-0.2, 0) is 13.1 Å². The molecule has 2 amide bonds. The molecule has 2 N–H and O–H groups in total. The number of hydrogen-bond acceptors (Lipinski definition) is 6. The van der Waals surface area contributed by atoms with Gasteiger partial charge in [-0.3, -0.25) is 19.3 Å². The first-order valence-corrected chi connectivity index (χ1v) is 12.7. The SMILES string of the molecule is O=C(NCc1ccc(F)cc1)c1cn2c(c(O)c1=O)C(=O)N1CCCN(C3CCSCC3)[C@@H]1C2. The number of fused-ring (bicyclic) bond motifs is 2. The first kappa shape index (κ1) is 22.9. The molecule has 3 aliphatic rings. The number of rotatable bonds is 4. The number of aromatic nitrogens is 1. The predicted molar refractivity (Wildman–Crippen MR) is 126 cm³/mol. The second-order valence-corrected chi connectivity index (χ2v) is 10.2. The number of halogens is 1. The van der Waals surface area contributed by atoms with Crippen LogP contribution in [0.2, 0.25) is 0 Å². The van der Waals surface area contributed by atoms with Gasteiger partial charge in [0.05, 0.1) is 6.54 Å². The second kappa shape index (κ2) is 9.42. The van der Waals surface area contributed by atoms with Crippen molar-refractivity contribution in [1.29, 1.82) is 0 Å². The van der Waals surface area contributed by atoms with Gasteiger partial charge in [0.1, 0.15) is 17.5 Å². The minimum atomic E-state index is -0.868. The largest absolute Gasteiger partial charge is 0.503 e. The van der Waals surface area contributed by atoms with Crippen LogP contribution < -0.4 is 10.7 Å². The van der Waals surface area contributed by atoms with Crippen LogP contribution in [0.1, 0.15) is 45.7 Å². The molecule has 1 aromatic heterocycles. The van der Waals surface area contributed by atoms with Crippen molar-refractivity contribution in [1.82, 2.24) is 19.7 Å². The number of carbonyl (C=O) groups excluding carboxylic acids is 2. The molecule has 1 aromatic carbocycles. The summed E-state index contributed by atoms with van der Waals surface area (Å²) in [5.41, 5.74) is -0.474. The first-order chi connectivity index (χ1) is 16.4. The van der Waals surface area contributed by atoms with E-state index in [-0.39, 0.29) is 35.7 Å². The van der Waals surface area contributed by atoms with Crippen LogP contribution in [0, 0.1) is 5.82 Å². The standard InChI is InChI=1S/C24H27FN4O4S/c25-16-4-2-15(3-5-16)12-26-23(32)18-13-27-14-19-28(17-6-10-34-11-7-17)8-1-9-29(19)24(33)20(27)22(31)21(18)30/h2-5,13,17,19,31H,1,6-12,14H2,(H,26,32)/t19-/m0/s1. The molecule has 0 saturated carbocycles. The van der Waals surface area contributed by atoms with Crippen LogP contribution in [0.4, 0.5) is 4.39 Å². The number of amides is 2. The van der Waals surface area contributed by atoms with E-state index in [1.807, 2.05) is 11.8 Å². The number of hydrogen-bond donors (Lipinski definition) is 2. The topological polar surface area (TPSA) is 94.9 Å². The van der Waals surface area contributed by atoms with Crippen molar-refractivity contribution in [2.45, 2.75) is 44.6 Å². The highest BCUT2D eigenvalue weighted by atomic mass is 32.2. The van der Waals surface area contributed by atoms with E-state index in [1.165, 1.54) is 18.3 Å². The van der Waals surface area contributed by atoms with Gasteiger partial charge < -0.3 is 19.9 Å². The lowest BCUT2D eigenvalue weighted by molar-refractivity contribution is -0.0321. The predicted octanol–water partition coefficient (Wildman–Crippen LogP) is 2.01. The summed E-state index contributed by atoms with van der Waals surface area (Å²) in [5.74, 6) is 0.104. The smallest absolute Gasteiger partial charge is 0.275 e. The third-order valence-corrected chi connectivity index (χ3v) is 7.96. The van der Waals surface area contributed by atoms with Crippen molar-refractivity contribution >= 4 is 23.6 Å². The quantitative estimate of drug-likeness (QED) is 0.687. The van der Waals surface area contributed by atoms with Crippen molar-refractivity contribution in [3.05, 3.63) is 63.3 Å². The monoisotopic (exact) mass is 486 g/mol. The number of aromatic hydroxyl groups is 1. The van der Waals surface area contributed by atoms with Gasteiger partial charge in [0.2, 0.25) is 5.43 Å². The number of nitrogens with zero attached hydrogens (tertiary/aromatic N) is 3. The van der Waals surface area contributed by atoms with Gasteiger partial charge in [0.15, 0.2) is 11.4 Å². The maximum atomic E-state index is 13.3. The Labute approximate surface area is 200 Å². The maximum absolute atomic E-state index is 13.3. The molecule has 0 aliphatic carbocycles. The Morgan fingerprint density at radius 2 is 1.88 bits per heavy atom.